The maximum Gasteiger partial charge on any atom is 0.270 e. The average Bonchev–Trinajstić information content (AvgIpc) is 3.04. The SMILES string of the molecule is COc1ccc(S(=O)(=O)N(C(=O)CCN2CCC(N3CCCCC3)CC2)c2ccccc2C=Cc2ccncc2)cc1. The summed E-state index contributed by atoms with van der Waals surface area (Å²) in [6, 6.07) is 17.6. The number of amides is 1. The van der Waals surface area contributed by atoms with Gasteiger partial charge in [-0.15, -0.1) is 0 Å². The molecule has 0 spiro atoms. The number of pyridine rings is 1. The van der Waals surface area contributed by atoms with Gasteiger partial charge in [0.1, 0.15) is 5.75 Å². The molecule has 222 valence electrons. The number of rotatable bonds is 10. The average molecular weight is 589 g/mol. The number of likely N-dealkylation sites (tertiary alicyclic amines) is 2. The molecule has 0 bridgehead atoms. The molecule has 3 heterocycles. The number of piperidine rings is 2. The molecule has 3 aromatic rings. The topological polar surface area (TPSA) is 83.0 Å². The zero-order valence-electron chi connectivity index (χ0n) is 24.3. The van der Waals surface area contributed by atoms with Crippen LogP contribution in [0.15, 0.2) is 78.0 Å². The largest absolute Gasteiger partial charge is 0.497 e. The Bertz CT molecular complexity index is 1450. The Balaban J connectivity index is 1.37. The van der Waals surface area contributed by atoms with E-state index in [1.807, 2.05) is 36.4 Å². The molecule has 2 aliphatic rings. The predicted octanol–water partition coefficient (Wildman–Crippen LogP) is 5.32. The summed E-state index contributed by atoms with van der Waals surface area (Å²) in [4.78, 5) is 22.9. The van der Waals surface area contributed by atoms with Crippen LogP contribution in [-0.2, 0) is 14.8 Å². The third kappa shape index (κ3) is 7.27. The van der Waals surface area contributed by atoms with Crippen molar-refractivity contribution in [2.45, 2.75) is 49.5 Å². The number of carbonyl (C=O) groups excluding carboxylic acids is 1. The second-order valence-electron chi connectivity index (χ2n) is 10.9. The second-order valence-corrected chi connectivity index (χ2v) is 12.7. The molecule has 0 saturated carbocycles. The first kappa shape index (κ1) is 29.9. The van der Waals surface area contributed by atoms with E-state index in [1.165, 1.54) is 51.6 Å². The number of hydrogen-bond donors (Lipinski definition) is 0. The Morgan fingerprint density at radius 1 is 0.929 bits per heavy atom. The summed E-state index contributed by atoms with van der Waals surface area (Å²) in [5, 5.41) is 0. The molecule has 0 unspecified atom stereocenters. The van der Waals surface area contributed by atoms with E-state index in [-0.39, 0.29) is 11.3 Å². The van der Waals surface area contributed by atoms with E-state index in [0.717, 1.165) is 35.8 Å². The number of para-hydroxylation sites is 1. The third-order valence-corrected chi connectivity index (χ3v) is 10.00. The zero-order valence-corrected chi connectivity index (χ0v) is 25.1. The summed E-state index contributed by atoms with van der Waals surface area (Å²) in [6.07, 6.45) is 13.3. The maximum atomic E-state index is 14.1. The van der Waals surface area contributed by atoms with Gasteiger partial charge in [-0.05, 0) is 105 Å². The van der Waals surface area contributed by atoms with Crippen molar-refractivity contribution in [1.82, 2.24) is 14.8 Å². The minimum Gasteiger partial charge on any atom is -0.497 e. The summed E-state index contributed by atoms with van der Waals surface area (Å²) < 4.78 is 34.4. The standard InChI is InChI=1S/C33H40N4O4S/c1-41-30-11-13-31(14-12-30)42(39,40)37(32-8-4-3-7-28(32)10-9-27-15-20-34-21-16-27)33(38)19-26-35-24-17-29(18-25-35)36-22-5-2-6-23-36/h3-4,7-16,20-21,29H,2,5-6,17-19,22-26H2,1H3. The van der Waals surface area contributed by atoms with Gasteiger partial charge in [0.05, 0.1) is 17.7 Å². The van der Waals surface area contributed by atoms with Crippen molar-refractivity contribution < 1.29 is 17.9 Å². The van der Waals surface area contributed by atoms with Crippen LogP contribution >= 0.6 is 0 Å². The molecule has 0 N–H and O–H groups in total. The lowest BCUT2D eigenvalue weighted by Crippen LogP contribution is -2.47. The smallest absolute Gasteiger partial charge is 0.270 e. The van der Waals surface area contributed by atoms with Gasteiger partial charge in [0, 0.05) is 31.4 Å². The highest BCUT2D eigenvalue weighted by atomic mass is 32.2. The van der Waals surface area contributed by atoms with Crippen LogP contribution in [0, 0.1) is 0 Å². The highest BCUT2D eigenvalue weighted by Crippen LogP contribution is 2.30. The van der Waals surface area contributed by atoms with Crippen molar-refractivity contribution >= 4 is 33.8 Å². The molecule has 2 aliphatic heterocycles. The zero-order chi connectivity index (χ0) is 29.4. The predicted molar refractivity (Wildman–Crippen MR) is 167 cm³/mol. The monoisotopic (exact) mass is 588 g/mol. The van der Waals surface area contributed by atoms with Gasteiger partial charge in [0.25, 0.3) is 10.0 Å². The number of nitrogens with zero attached hydrogens (tertiary/aromatic N) is 4. The first-order valence-electron chi connectivity index (χ1n) is 14.8. The van der Waals surface area contributed by atoms with E-state index in [1.54, 1.807) is 36.7 Å². The van der Waals surface area contributed by atoms with Crippen LogP contribution in [0.25, 0.3) is 12.2 Å². The van der Waals surface area contributed by atoms with Crippen molar-refractivity contribution in [3.05, 3.63) is 84.2 Å². The normalized spacial score (nSPS) is 17.4. The van der Waals surface area contributed by atoms with Crippen molar-refractivity contribution in [3.63, 3.8) is 0 Å². The van der Waals surface area contributed by atoms with E-state index >= 15 is 0 Å². The van der Waals surface area contributed by atoms with E-state index in [4.69, 9.17) is 4.74 Å². The fourth-order valence-electron chi connectivity index (χ4n) is 5.87. The summed E-state index contributed by atoms with van der Waals surface area (Å²) in [5.41, 5.74) is 1.87. The quantitative estimate of drug-likeness (QED) is 0.317. The number of ether oxygens (including phenoxy) is 1. The summed E-state index contributed by atoms with van der Waals surface area (Å²) in [6.45, 7) is 4.75. The highest BCUT2D eigenvalue weighted by Gasteiger charge is 2.33. The summed E-state index contributed by atoms with van der Waals surface area (Å²) >= 11 is 0. The van der Waals surface area contributed by atoms with Crippen LogP contribution in [-0.4, -0.2) is 75.0 Å². The lowest BCUT2D eigenvalue weighted by molar-refractivity contribution is -0.117. The van der Waals surface area contributed by atoms with Gasteiger partial charge in [0.15, 0.2) is 0 Å². The Hall–Kier alpha value is -3.53. The number of methoxy groups -OCH3 is 1. The minimum absolute atomic E-state index is 0.0342. The molecule has 9 heteroatoms. The lowest BCUT2D eigenvalue weighted by Gasteiger charge is -2.40. The molecule has 0 atom stereocenters. The van der Waals surface area contributed by atoms with E-state index in [2.05, 4.69) is 14.8 Å². The van der Waals surface area contributed by atoms with Gasteiger partial charge in [-0.3, -0.25) is 9.78 Å². The Morgan fingerprint density at radius 2 is 1.62 bits per heavy atom. The fraction of sp³-hybridized carbons (Fsp3) is 0.394. The number of carbonyl (C=O) groups is 1. The van der Waals surface area contributed by atoms with Crippen LogP contribution in [0.2, 0.25) is 0 Å². The molecule has 2 saturated heterocycles. The molecular weight excluding hydrogens is 548 g/mol. The first-order chi connectivity index (χ1) is 20.5. The molecule has 5 rings (SSSR count). The number of benzene rings is 2. The Kier molecular flexibility index (Phi) is 10.0. The number of hydrogen-bond acceptors (Lipinski definition) is 7. The number of anilines is 1. The van der Waals surface area contributed by atoms with Crippen LogP contribution < -0.4 is 9.04 Å². The molecule has 0 aliphatic carbocycles. The van der Waals surface area contributed by atoms with Gasteiger partial charge in [-0.2, -0.15) is 0 Å². The third-order valence-electron chi connectivity index (χ3n) is 8.25. The summed E-state index contributed by atoms with van der Waals surface area (Å²) in [5.74, 6) is 0.0919. The molecule has 8 nitrogen and oxygen atoms in total. The van der Waals surface area contributed by atoms with Gasteiger partial charge >= 0.3 is 0 Å². The molecule has 1 aromatic heterocycles. The molecule has 42 heavy (non-hydrogen) atoms. The maximum absolute atomic E-state index is 14.1. The highest BCUT2D eigenvalue weighted by molar-refractivity contribution is 7.93. The van der Waals surface area contributed by atoms with E-state index in [9.17, 15) is 13.2 Å². The fourth-order valence-corrected chi connectivity index (χ4v) is 7.35. The number of sulfonamides is 1. The summed E-state index contributed by atoms with van der Waals surface area (Å²) in [7, 11) is -2.67. The van der Waals surface area contributed by atoms with E-state index < -0.39 is 15.9 Å². The van der Waals surface area contributed by atoms with Crippen LogP contribution in [0.3, 0.4) is 0 Å². The minimum atomic E-state index is -4.20. The molecule has 2 fully saturated rings. The van der Waals surface area contributed by atoms with Gasteiger partial charge in [-0.25, -0.2) is 12.7 Å². The lowest BCUT2D eigenvalue weighted by atomic mass is 10.00. The van der Waals surface area contributed by atoms with Gasteiger partial charge in [-0.1, -0.05) is 36.8 Å². The van der Waals surface area contributed by atoms with Crippen LogP contribution in [0.5, 0.6) is 5.75 Å². The van der Waals surface area contributed by atoms with Crippen molar-refractivity contribution in [2.75, 3.05) is 44.1 Å². The van der Waals surface area contributed by atoms with Crippen molar-refractivity contribution in [2.24, 2.45) is 0 Å². The van der Waals surface area contributed by atoms with Crippen molar-refractivity contribution in [3.8, 4) is 5.75 Å². The van der Waals surface area contributed by atoms with Crippen molar-refractivity contribution in [1.29, 1.82) is 0 Å². The Morgan fingerprint density at radius 3 is 2.31 bits per heavy atom. The van der Waals surface area contributed by atoms with Gasteiger partial charge < -0.3 is 14.5 Å². The van der Waals surface area contributed by atoms with Crippen LogP contribution in [0.1, 0.15) is 49.7 Å². The van der Waals surface area contributed by atoms with Gasteiger partial charge in [0.2, 0.25) is 5.91 Å². The van der Waals surface area contributed by atoms with Crippen LogP contribution in [0.4, 0.5) is 5.69 Å². The van der Waals surface area contributed by atoms with E-state index in [0.29, 0.717) is 29.6 Å². The molecular formula is C33H40N4O4S. The number of aromatic nitrogens is 1. The Labute approximate surface area is 249 Å². The molecule has 1 amide bonds. The second kappa shape index (κ2) is 14.1. The molecule has 0 radical (unpaired) electrons. The first-order valence-corrected chi connectivity index (χ1v) is 16.3. The molecule has 2 aromatic carbocycles.